The molecule has 1 aromatic carbocycles. The molecule has 0 amide bonds. The van der Waals surface area contributed by atoms with Gasteiger partial charge in [-0.1, -0.05) is 12.1 Å². The van der Waals surface area contributed by atoms with Crippen LogP contribution in [-0.2, 0) is 13.1 Å². The maximum Gasteiger partial charge on any atom is 0.335 e. The van der Waals surface area contributed by atoms with E-state index in [9.17, 15) is 4.79 Å². The van der Waals surface area contributed by atoms with Crippen LogP contribution >= 0.6 is 0 Å². The summed E-state index contributed by atoms with van der Waals surface area (Å²) in [4.78, 5) is 15.3. The van der Waals surface area contributed by atoms with Crippen LogP contribution in [0.15, 0.2) is 42.7 Å². The molecule has 2 aromatic heterocycles. The van der Waals surface area contributed by atoms with Gasteiger partial charge in [0.15, 0.2) is 5.65 Å². The highest BCUT2D eigenvalue weighted by Crippen LogP contribution is 2.16. The monoisotopic (exact) mass is 324 g/mol. The minimum Gasteiger partial charge on any atom is -0.478 e. The Kier molecular flexibility index (Phi) is 4.57. The highest BCUT2D eigenvalue weighted by Gasteiger charge is 2.07. The number of carbonyl (C=O) groups is 1. The molecule has 0 spiro atoms. The molecule has 3 rings (SSSR count). The lowest BCUT2D eigenvalue weighted by Crippen LogP contribution is -2.13. The lowest BCUT2D eigenvalue weighted by molar-refractivity contribution is 0.0697. The van der Waals surface area contributed by atoms with E-state index in [4.69, 9.17) is 5.11 Å². The van der Waals surface area contributed by atoms with Gasteiger partial charge in [-0.15, -0.1) is 0 Å². The molecule has 0 aliphatic carbocycles. The Labute approximate surface area is 140 Å². The molecule has 6 nitrogen and oxygen atoms in total. The number of aromatic nitrogens is 3. The molecular formula is C18H20N4O2. The zero-order valence-corrected chi connectivity index (χ0v) is 13.7. The third kappa shape index (κ3) is 3.44. The van der Waals surface area contributed by atoms with E-state index >= 15 is 0 Å². The van der Waals surface area contributed by atoms with Crippen LogP contribution in [0.1, 0.15) is 41.4 Å². The number of benzene rings is 1. The summed E-state index contributed by atoms with van der Waals surface area (Å²) in [5.74, 6) is -0.907. The molecule has 0 bridgehead atoms. The third-order valence-electron chi connectivity index (χ3n) is 3.84. The second-order valence-corrected chi connectivity index (χ2v) is 6.04. The molecule has 6 heteroatoms. The van der Waals surface area contributed by atoms with E-state index in [1.807, 2.05) is 29.2 Å². The smallest absolute Gasteiger partial charge is 0.335 e. The molecule has 0 aliphatic rings. The minimum absolute atomic E-state index is 0.285. The van der Waals surface area contributed by atoms with Crippen LogP contribution in [-0.4, -0.2) is 25.8 Å². The summed E-state index contributed by atoms with van der Waals surface area (Å²) in [5, 5.41) is 17.6. The number of nitrogens with one attached hydrogen (secondary N) is 1. The molecule has 0 saturated carbocycles. The summed E-state index contributed by atoms with van der Waals surface area (Å²) < 4.78 is 1.91. The van der Waals surface area contributed by atoms with Gasteiger partial charge in [-0.2, -0.15) is 5.10 Å². The average Bonchev–Trinajstić information content (AvgIpc) is 2.99. The SMILES string of the molecule is CC(C)n1ncc2cc(CNCc3ccc(C(=O)O)cc3)cnc21. The van der Waals surface area contributed by atoms with Gasteiger partial charge in [0.2, 0.25) is 0 Å². The number of carboxylic acids is 1. The van der Waals surface area contributed by atoms with Crippen LogP contribution in [0.5, 0.6) is 0 Å². The molecule has 0 saturated heterocycles. The number of nitrogens with zero attached hydrogens (tertiary/aromatic N) is 3. The molecular weight excluding hydrogens is 304 g/mol. The van der Waals surface area contributed by atoms with Crippen molar-refractivity contribution < 1.29 is 9.90 Å². The first-order valence-electron chi connectivity index (χ1n) is 7.89. The van der Waals surface area contributed by atoms with Crippen LogP contribution in [0.2, 0.25) is 0 Å². The summed E-state index contributed by atoms with van der Waals surface area (Å²) in [7, 11) is 0. The van der Waals surface area contributed by atoms with Crippen molar-refractivity contribution in [2.45, 2.75) is 33.0 Å². The first-order chi connectivity index (χ1) is 11.5. The second-order valence-electron chi connectivity index (χ2n) is 6.04. The largest absolute Gasteiger partial charge is 0.478 e. The van der Waals surface area contributed by atoms with Gasteiger partial charge in [-0.3, -0.25) is 0 Å². The molecule has 24 heavy (non-hydrogen) atoms. The lowest BCUT2D eigenvalue weighted by atomic mass is 10.1. The standard InChI is InChI=1S/C18H20N4O2/c1-12(2)22-17-16(11-21-22)7-14(10-20-17)9-19-8-13-3-5-15(6-4-13)18(23)24/h3-7,10-12,19H,8-9H2,1-2H3,(H,23,24). The normalized spacial score (nSPS) is 11.3. The first kappa shape index (κ1) is 16.1. The second kappa shape index (κ2) is 6.80. The summed E-state index contributed by atoms with van der Waals surface area (Å²) in [6, 6.07) is 9.26. The molecule has 3 aromatic rings. The summed E-state index contributed by atoms with van der Waals surface area (Å²) >= 11 is 0. The topological polar surface area (TPSA) is 80.0 Å². The minimum atomic E-state index is -0.907. The van der Waals surface area contributed by atoms with Crippen molar-refractivity contribution in [3.05, 3.63) is 59.4 Å². The highest BCUT2D eigenvalue weighted by atomic mass is 16.4. The van der Waals surface area contributed by atoms with Crippen LogP contribution < -0.4 is 5.32 Å². The van der Waals surface area contributed by atoms with E-state index in [0.29, 0.717) is 18.7 Å². The van der Waals surface area contributed by atoms with Gasteiger partial charge >= 0.3 is 5.97 Å². The predicted octanol–water partition coefficient (Wildman–Crippen LogP) is 3.00. The Bertz CT molecular complexity index is 853. The van der Waals surface area contributed by atoms with E-state index in [1.165, 1.54) is 0 Å². The Morgan fingerprint density at radius 3 is 2.54 bits per heavy atom. The zero-order valence-electron chi connectivity index (χ0n) is 13.7. The first-order valence-corrected chi connectivity index (χ1v) is 7.89. The van der Waals surface area contributed by atoms with Gasteiger partial charge in [-0.05, 0) is 43.2 Å². The number of rotatable bonds is 6. The molecule has 124 valence electrons. The van der Waals surface area contributed by atoms with Crippen molar-refractivity contribution in [1.82, 2.24) is 20.1 Å². The summed E-state index contributed by atoms with van der Waals surface area (Å²) in [6.07, 6.45) is 3.71. The fourth-order valence-corrected chi connectivity index (χ4v) is 2.58. The fraction of sp³-hybridized carbons (Fsp3) is 0.278. The predicted molar refractivity (Wildman–Crippen MR) is 91.9 cm³/mol. The van der Waals surface area contributed by atoms with Crippen molar-refractivity contribution in [2.75, 3.05) is 0 Å². The molecule has 2 N–H and O–H groups in total. The van der Waals surface area contributed by atoms with Crippen molar-refractivity contribution >= 4 is 17.0 Å². The van der Waals surface area contributed by atoms with E-state index in [0.717, 1.165) is 22.2 Å². The van der Waals surface area contributed by atoms with Gasteiger partial charge < -0.3 is 10.4 Å². The van der Waals surface area contributed by atoms with E-state index < -0.39 is 5.97 Å². The van der Waals surface area contributed by atoms with Gasteiger partial charge in [0, 0.05) is 30.7 Å². The molecule has 0 radical (unpaired) electrons. The van der Waals surface area contributed by atoms with Gasteiger partial charge in [0.1, 0.15) is 0 Å². The van der Waals surface area contributed by atoms with Gasteiger partial charge in [0.05, 0.1) is 11.8 Å². The van der Waals surface area contributed by atoms with Gasteiger partial charge in [-0.25, -0.2) is 14.5 Å². The number of fused-ring (bicyclic) bond motifs is 1. The summed E-state index contributed by atoms with van der Waals surface area (Å²) in [6.45, 7) is 5.53. The van der Waals surface area contributed by atoms with Crippen LogP contribution in [0.25, 0.3) is 11.0 Å². The Morgan fingerprint density at radius 2 is 1.88 bits per heavy atom. The van der Waals surface area contributed by atoms with E-state index in [2.05, 4.69) is 35.3 Å². The Morgan fingerprint density at radius 1 is 1.17 bits per heavy atom. The summed E-state index contributed by atoms with van der Waals surface area (Å²) in [5.41, 5.74) is 3.34. The van der Waals surface area contributed by atoms with Gasteiger partial charge in [0.25, 0.3) is 0 Å². The molecule has 0 atom stereocenters. The van der Waals surface area contributed by atoms with Crippen LogP contribution in [0.3, 0.4) is 0 Å². The average molecular weight is 324 g/mol. The highest BCUT2D eigenvalue weighted by molar-refractivity contribution is 5.87. The Hall–Kier alpha value is -2.73. The van der Waals surface area contributed by atoms with Crippen molar-refractivity contribution in [3.63, 3.8) is 0 Å². The number of hydrogen-bond donors (Lipinski definition) is 2. The molecule has 0 unspecified atom stereocenters. The van der Waals surface area contributed by atoms with Crippen molar-refractivity contribution in [3.8, 4) is 0 Å². The quantitative estimate of drug-likeness (QED) is 0.728. The van der Waals surface area contributed by atoms with E-state index in [1.54, 1.807) is 12.1 Å². The number of hydrogen-bond acceptors (Lipinski definition) is 4. The van der Waals surface area contributed by atoms with E-state index in [-0.39, 0.29) is 6.04 Å². The van der Waals surface area contributed by atoms with Crippen LogP contribution in [0, 0.1) is 0 Å². The maximum atomic E-state index is 10.8. The zero-order chi connectivity index (χ0) is 17.1. The van der Waals surface area contributed by atoms with Crippen molar-refractivity contribution in [1.29, 1.82) is 0 Å². The maximum absolute atomic E-state index is 10.8. The number of carboxylic acid groups (broad SMARTS) is 1. The fourth-order valence-electron chi connectivity index (χ4n) is 2.58. The molecule has 0 aliphatic heterocycles. The third-order valence-corrected chi connectivity index (χ3v) is 3.84. The van der Waals surface area contributed by atoms with Crippen LogP contribution in [0.4, 0.5) is 0 Å². The number of pyridine rings is 1. The Balaban J connectivity index is 1.62. The molecule has 2 heterocycles. The molecule has 0 fully saturated rings. The lowest BCUT2D eigenvalue weighted by Gasteiger charge is -2.08. The number of aromatic carboxylic acids is 1. The van der Waals surface area contributed by atoms with Crippen molar-refractivity contribution in [2.24, 2.45) is 0 Å².